The first-order chi connectivity index (χ1) is 13.5. The summed E-state index contributed by atoms with van der Waals surface area (Å²) in [5.74, 6) is 0.737. The molecule has 150 valence electrons. The van der Waals surface area contributed by atoms with Gasteiger partial charge in [-0.05, 0) is 36.7 Å². The van der Waals surface area contributed by atoms with E-state index in [0.29, 0.717) is 35.9 Å². The van der Waals surface area contributed by atoms with Gasteiger partial charge in [0.2, 0.25) is 5.91 Å². The maximum atomic E-state index is 12.7. The van der Waals surface area contributed by atoms with Gasteiger partial charge in [0.1, 0.15) is 12.3 Å². The van der Waals surface area contributed by atoms with E-state index in [2.05, 4.69) is 0 Å². The van der Waals surface area contributed by atoms with Crippen LogP contribution in [-0.4, -0.2) is 67.8 Å². The van der Waals surface area contributed by atoms with E-state index in [-0.39, 0.29) is 17.4 Å². The number of amides is 3. The van der Waals surface area contributed by atoms with Crippen LogP contribution >= 0.6 is 11.8 Å². The second-order valence-corrected chi connectivity index (χ2v) is 7.30. The van der Waals surface area contributed by atoms with E-state index >= 15 is 0 Å². The van der Waals surface area contributed by atoms with Crippen LogP contribution in [0.5, 0.6) is 17.2 Å². The maximum Gasteiger partial charge on any atom is 0.294 e. The van der Waals surface area contributed by atoms with Gasteiger partial charge in [-0.25, -0.2) is 0 Å². The van der Waals surface area contributed by atoms with Crippen molar-refractivity contribution in [1.82, 2.24) is 9.80 Å². The summed E-state index contributed by atoms with van der Waals surface area (Å²) in [6.07, 6.45) is 3.46. The highest BCUT2D eigenvalue weighted by Gasteiger charge is 2.37. The van der Waals surface area contributed by atoms with E-state index in [0.717, 1.165) is 29.5 Å². The van der Waals surface area contributed by atoms with Crippen molar-refractivity contribution in [3.05, 3.63) is 22.6 Å². The summed E-state index contributed by atoms with van der Waals surface area (Å²) in [6, 6.07) is 3.31. The van der Waals surface area contributed by atoms with Crippen molar-refractivity contribution in [2.75, 3.05) is 41.0 Å². The predicted octanol–water partition coefficient (Wildman–Crippen LogP) is 2.37. The molecule has 0 radical (unpaired) electrons. The van der Waals surface area contributed by atoms with E-state index < -0.39 is 11.1 Å². The number of likely N-dealkylation sites (tertiary alicyclic amines) is 1. The van der Waals surface area contributed by atoms with Crippen LogP contribution in [0, 0.1) is 0 Å². The molecule has 0 spiro atoms. The number of hydrogen-bond donors (Lipinski definition) is 0. The zero-order valence-corrected chi connectivity index (χ0v) is 16.8. The fraction of sp³-hybridized carbons (Fsp3) is 0.421. The number of ether oxygens (including phenoxy) is 3. The Labute approximate surface area is 167 Å². The molecule has 3 rings (SSSR count). The molecule has 2 saturated heterocycles. The third-order valence-electron chi connectivity index (χ3n) is 4.65. The van der Waals surface area contributed by atoms with Crippen LogP contribution < -0.4 is 14.2 Å². The molecule has 2 fully saturated rings. The van der Waals surface area contributed by atoms with Gasteiger partial charge in [0, 0.05) is 24.7 Å². The van der Waals surface area contributed by atoms with Crippen LogP contribution in [-0.2, 0) is 9.59 Å². The summed E-state index contributed by atoms with van der Waals surface area (Å²) in [5.41, 5.74) is 0.566. The first-order valence-electron chi connectivity index (χ1n) is 8.81. The molecule has 0 aliphatic carbocycles. The zero-order chi connectivity index (χ0) is 20.3. The molecule has 8 nitrogen and oxygen atoms in total. The van der Waals surface area contributed by atoms with Crippen LogP contribution in [0.4, 0.5) is 4.79 Å². The molecule has 28 heavy (non-hydrogen) atoms. The van der Waals surface area contributed by atoms with E-state index in [1.807, 2.05) is 0 Å². The standard InChI is InChI=1S/C19H22N2O6S/c1-25-13-10-15(27-3)14(26-2)8-12(13)9-16-18(23)21(19(24)28-16)11-17(22)20-6-4-5-7-20/h8-10H,4-7,11H2,1-3H3/b16-9-. The first kappa shape index (κ1) is 20.1. The van der Waals surface area contributed by atoms with Crippen molar-refractivity contribution in [2.45, 2.75) is 12.8 Å². The molecule has 0 bridgehead atoms. The summed E-state index contributed by atoms with van der Waals surface area (Å²) in [6.45, 7) is 1.12. The van der Waals surface area contributed by atoms with Gasteiger partial charge in [0.25, 0.3) is 11.1 Å². The van der Waals surface area contributed by atoms with Crippen LogP contribution in [0.25, 0.3) is 6.08 Å². The van der Waals surface area contributed by atoms with Crippen LogP contribution in [0.2, 0.25) is 0 Å². The van der Waals surface area contributed by atoms with E-state index in [1.54, 1.807) is 23.1 Å². The van der Waals surface area contributed by atoms with E-state index in [4.69, 9.17) is 14.2 Å². The third-order valence-corrected chi connectivity index (χ3v) is 5.56. The number of thioether (sulfide) groups is 1. The highest BCUT2D eigenvalue weighted by molar-refractivity contribution is 8.18. The van der Waals surface area contributed by atoms with Crippen molar-refractivity contribution in [1.29, 1.82) is 0 Å². The highest BCUT2D eigenvalue weighted by atomic mass is 32.2. The molecule has 2 aliphatic rings. The van der Waals surface area contributed by atoms with E-state index in [9.17, 15) is 14.4 Å². The van der Waals surface area contributed by atoms with Gasteiger partial charge in [-0.2, -0.15) is 0 Å². The van der Waals surface area contributed by atoms with Crippen molar-refractivity contribution < 1.29 is 28.6 Å². The predicted molar refractivity (Wildman–Crippen MR) is 105 cm³/mol. The average Bonchev–Trinajstić information content (AvgIpc) is 3.32. The monoisotopic (exact) mass is 406 g/mol. The Morgan fingerprint density at radius 2 is 1.64 bits per heavy atom. The number of carbonyl (C=O) groups is 3. The minimum Gasteiger partial charge on any atom is -0.496 e. The molecule has 0 atom stereocenters. The Hall–Kier alpha value is -2.68. The summed E-state index contributed by atoms with van der Waals surface area (Å²) in [4.78, 5) is 40.2. The molecular weight excluding hydrogens is 384 g/mol. The fourth-order valence-electron chi connectivity index (χ4n) is 3.14. The van der Waals surface area contributed by atoms with Gasteiger partial charge in [-0.3, -0.25) is 19.3 Å². The minimum atomic E-state index is -0.487. The third kappa shape index (κ3) is 3.94. The van der Waals surface area contributed by atoms with Crippen molar-refractivity contribution in [3.8, 4) is 17.2 Å². The lowest BCUT2D eigenvalue weighted by atomic mass is 10.1. The highest BCUT2D eigenvalue weighted by Crippen LogP contribution is 2.38. The number of imide groups is 1. The number of benzene rings is 1. The van der Waals surface area contributed by atoms with Crippen molar-refractivity contribution >= 4 is 34.9 Å². The number of carbonyl (C=O) groups excluding carboxylic acids is 3. The van der Waals surface area contributed by atoms with Crippen molar-refractivity contribution in [2.24, 2.45) is 0 Å². The largest absolute Gasteiger partial charge is 0.496 e. The van der Waals surface area contributed by atoms with Crippen LogP contribution in [0.3, 0.4) is 0 Å². The SMILES string of the molecule is COc1cc(OC)c(OC)cc1/C=C1\SC(=O)N(CC(=O)N2CCCC2)C1=O. The Morgan fingerprint density at radius 1 is 1.04 bits per heavy atom. The van der Waals surface area contributed by atoms with Gasteiger partial charge in [0.05, 0.1) is 26.2 Å². The number of methoxy groups -OCH3 is 3. The lowest BCUT2D eigenvalue weighted by Gasteiger charge is -2.18. The van der Waals surface area contributed by atoms with Crippen LogP contribution in [0.15, 0.2) is 17.0 Å². The normalized spacial score (nSPS) is 18.2. The summed E-state index contributed by atoms with van der Waals surface area (Å²) in [7, 11) is 4.52. The lowest BCUT2D eigenvalue weighted by Crippen LogP contribution is -2.40. The molecule has 1 aromatic rings. The van der Waals surface area contributed by atoms with E-state index in [1.165, 1.54) is 21.3 Å². The topological polar surface area (TPSA) is 85.4 Å². The molecule has 0 saturated carbocycles. The Kier molecular flexibility index (Phi) is 6.13. The Morgan fingerprint density at radius 3 is 2.25 bits per heavy atom. The van der Waals surface area contributed by atoms with Gasteiger partial charge in [0.15, 0.2) is 11.5 Å². The van der Waals surface area contributed by atoms with Crippen molar-refractivity contribution in [3.63, 3.8) is 0 Å². The van der Waals surface area contributed by atoms with Gasteiger partial charge in [-0.1, -0.05) is 0 Å². The maximum absolute atomic E-state index is 12.7. The molecule has 0 N–H and O–H groups in total. The Balaban J connectivity index is 1.84. The smallest absolute Gasteiger partial charge is 0.294 e. The molecular formula is C19H22N2O6S. The second kappa shape index (κ2) is 8.55. The average molecular weight is 406 g/mol. The molecule has 2 aliphatic heterocycles. The number of nitrogens with zero attached hydrogens (tertiary/aromatic N) is 2. The summed E-state index contributed by atoms with van der Waals surface area (Å²) < 4.78 is 15.9. The minimum absolute atomic E-state index is 0.204. The molecule has 0 unspecified atom stereocenters. The molecule has 2 heterocycles. The van der Waals surface area contributed by atoms with Gasteiger partial charge < -0.3 is 19.1 Å². The molecule has 3 amide bonds. The number of hydrogen-bond acceptors (Lipinski definition) is 7. The molecule has 9 heteroatoms. The molecule has 1 aromatic carbocycles. The zero-order valence-electron chi connectivity index (χ0n) is 16.0. The van der Waals surface area contributed by atoms with Gasteiger partial charge in [-0.15, -0.1) is 0 Å². The summed E-state index contributed by atoms with van der Waals surface area (Å²) in [5, 5.41) is -0.455. The van der Waals surface area contributed by atoms with Gasteiger partial charge >= 0.3 is 0 Å². The second-order valence-electron chi connectivity index (χ2n) is 6.30. The first-order valence-corrected chi connectivity index (χ1v) is 9.63. The lowest BCUT2D eigenvalue weighted by molar-refractivity contribution is -0.135. The fourth-order valence-corrected chi connectivity index (χ4v) is 3.97. The summed E-state index contributed by atoms with van der Waals surface area (Å²) >= 11 is 0.804. The quantitative estimate of drug-likeness (QED) is 0.671. The molecule has 0 aromatic heterocycles. The number of rotatable bonds is 6. The Bertz CT molecular complexity index is 832. The van der Waals surface area contributed by atoms with Crippen LogP contribution in [0.1, 0.15) is 18.4 Å².